The number of furan rings is 1. The first kappa shape index (κ1) is 38.8. The Labute approximate surface area is 381 Å². The van der Waals surface area contributed by atoms with Gasteiger partial charge in [-0.1, -0.05) is 158 Å². The maximum Gasteiger partial charge on any atom is 0.137 e. The molecule has 9 aromatic rings. The fourth-order valence-electron chi connectivity index (χ4n) is 10.9. The first-order chi connectivity index (χ1) is 32.1. The molecule has 1 heterocycles. The van der Waals surface area contributed by atoms with Gasteiger partial charge in [-0.3, -0.25) is 0 Å². The zero-order valence-corrected chi connectivity index (χ0v) is 36.5. The van der Waals surface area contributed by atoms with Gasteiger partial charge in [0.05, 0.1) is 11.1 Å². The smallest absolute Gasteiger partial charge is 0.137 e. The number of nitrogens with zero attached hydrogens (tertiary/aromatic N) is 2. The Balaban J connectivity index is 0.942. The predicted octanol–water partition coefficient (Wildman–Crippen LogP) is 16.9. The standard InChI is InChI=1S/C62H48N2O/c1-62(55-30-15-12-26-52(55)60-51(28-17-31-56(60)62)44-37-39-48(40-38-44)63(45-19-5-2-6-20-45)46-21-7-3-8-22-46)54-29-14-11-25-50(54)43-35-41-49(42-36-43)64(47-23-9-4-10-24-47)57-32-18-34-59-61(57)53-27-13-16-33-58(53)65-59/h2-7,9-21,23-37,39,41-42H,8,22,38,40H2,1H3. The maximum atomic E-state index is 6.37. The third-order valence-corrected chi connectivity index (χ3v) is 13.9. The van der Waals surface area contributed by atoms with Crippen LogP contribution in [0.25, 0.3) is 49.8 Å². The van der Waals surface area contributed by atoms with E-state index in [0.717, 1.165) is 64.7 Å². The highest BCUT2D eigenvalue weighted by Crippen LogP contribution is 2.56. The van der Waals surface area contributed by atoms with Crippen LogP contribution in [0.2, 0.25) is 0 Å². The lowest BCUT2D eigenvalue weighted by Crippen LogP contribution is -2.24. The van der Waals surface area contributed by atoms with Gasteiger partial charge in [0, 0.05) is 39.3 Å². The van der Waals surface area contributed by atoms with Gasteiger partial charge in [0.15, 0.2) is 0 Å². The van der Waals surface area contributed by atoms with E-state index in [-0.39, 0.29) is 5.41 Å². The maximum absolute atomic E-state index is 6.37. The second-order valence-electron chi connectivity index (χ2n) is 17.6. The fourth-order valence-corrected chi connectivity index (χ4v) is 10.9. The fraction of sp³-hybridized carbons (Fsp3) is 0.0968. The number of para-hydroxylation sites is 3. The minimum Gasteiger partial charge on any atom is -0.456 e. The summed E-state index contributed by atoms with van der Waals surface area (Å²) < 4.78 is 6.37. The summed E-state index contributed by atoms with van der Waals surface area (Å²) in [6.45, 7) is 2.44. The van der Waals surface area contributed by atoms with Crippen molar-refractivity contribution >= 4 is 50.3 Å². The molecule has 1 unspecified atom stereocenters. The molecule has 0 N–H and O–H groups in total. The van der Waals surface area contributed by atoms with Gasteiger partial charge >= 0.3 is 0 Å². The van der Waals surface area contributed by atoms with Crippen molar-refractivity contribution in [2.75, 3.05) is 9.80 Å². The van der Waals surface area contributed by atoms with Crippen LogP contribution in [0.15, 0.2) is 240 Å². The molecule has 3 heteroatoms. The van der Waals surface area contributed by atoms with Gasteiger partial charge in [0.2, 0.25) is 0 Å². The number of allylic oxidation sites excluding steroid dienone is 8. The summed E-state index contributed by atoms with van der Waals surface area (Å²) in [4.78, 5) is 4.84. The molecular weight excluding hydrogens is 789 g/mol. The molecule has 0 aliphatic heterocycles. The highest BCUT2D eigenvalue weighted by Gasteiger charge is 2.43. The minimum atomic E-state index is -0.382. The van der Waals surface area contributed by atoms with Crippen LogP contribution in [-0.4, -0.2) is 0 Å². The lowest BCUT2D eigenvalue weighted by molar-refractivity contribution is 0.669. The van der Waals surface area contributed by atoms with Gasteiger partial charge in [-0.15, -0.1) is 0 Å². The minimum absolute atomic E-state index is 0.382. The van der Waals surface area contributed by atoms with E-state index in [0.29, 0.717) is 0 Å². The average molecular weight is 837 g/mol. The van der Waals surface area contributed by atoms with E-state index in [4.69, 9.17) is 4.42 Å². The van der Waals surface area contributed by atoms with Gasteiger partial charge in [0.1, 0.15) is 11.2 Å². The summed E-state index contributed by atoms with van der Waals surface area (Å²) in [5, 5.41) is 2.22. The average Bonchev–Trinajstić information content (AvgIpc) is 3.89. The van der Waals surface area contributed by atoms with Crippen molar-refractivity contribution in [2.45, 2.75) is 38.0 Å². The highest BCUT2D eigenvalue weighted by molar-refractivity contribution is 6.13. The number of benzene rings is 8. The second kappa shape index (κ2) is 16.0. The number of rotatable bonds is 9. The summed E-state index contributed by atoms with van der Waals surface area (Å²) in [7, 11) is 0. The number of hydrogen-bond acceptors (Lipinski definition) is 3. The molecule has 0 spiro atoms. The van der Waals surface area contributed by atoms with Crippen molar-refractivity contribution < 1.29 is 4.42 Å². The quantitative estimate of drug-likeness (QED) is 0.144. The summed E-state index contributed by atoms with van der Waals surface area (Å²) in [6, 6.07) is 70.5. The summed E-state index contributed by atoms with van der Waals surface area (Å²) in [5.74, 6) is 0. The molecule has 0 fully saturated rings. The monoisotopic (exact) mass is 836 g/mol. The Hall–Kier alpha value is -7.88. The molecule has 3 aliphatic rings. The second-order valence-corrected chi connectivity index (χ2v) is 17.6. The van der Waals surface area contributed by atoms with Crippen molar-refractivity contribution in [3.8, 4) is 22.3 Å². The van der Waals surface area contributed by atoms with Gasteiger partial charge in [-0.25, -0.2) is 0 Å². The van der Waals surface area contributed by atoms with E-state index < -0.39 is 0 Å². The van der Waals surface area contributed by atoms with Crippen molar-refractivity contribution in [1.82, 2.24) is 0 Å². The Morgan fingerprint density at radius 2 is 1.05 bits per heavy atom. The lowest BCUT2D eigenvalue weighted by Gasteiger charge is -2.33. The van der Waals surface area contributed by atoms with Crippen LogP contribution in [0.3, 0.4) is 0 Å². The Morgan fingerprint density at radius 1 is 0.446 bits per heavy atom. The Kier molecular flexibility index (Phi) is 9.56. The third kappa shape index (κ3) is 6.49. The normalized spacial score (nSPS) is 16.4. The lowest BCUT2D eigenvalue weighted by atomic mass is 9.71. The molecule has 0 amide bonds. The summed E-state index contributed by atoms with van der Waals surface area (Å²) in [6.07, 6.45) is 15.6. The van der Waals surface area contributed by atoms with Crippen molar-refractivity contribution in [3.05, 3.63) is 258 Å². The van der Waals surface area contributed by atoms with E-state index in [2.05, 4.69) is 235 Å². The zero-order valence-electron chi connectivity index (χ0n) is 36.5. The summed E-state index contributed by atoms with van der Waals surface area (Å²) >= 11 is 0. The van der Waals surface area contributed by atoms with Crippen LogP contribution in [0.4, 0.5) is 22.7 Å². The van der Waals surface area contributed by atoms with Crippen molar-refractivity contribution in [1.29, 1.82) is 0 Å². The Bertz CT molecular complexity index is 3390. The van der Waals surface area contributed by atoms with E-state index >= 15 is 0 Å². The van der Waals surface area contributed by atoms with Crippen LogP contribution in [0, 0.1) is 0 Å². The van der Waals surface area contributed by atoms with Gasteiger partial charge < -0.3 is 14.2 Å². The van der Waals surface area contributed by atoms with Crippen molar-refractivity contribution in [2.24, 2.45) is 0 Å². The van der Waals surface area contributed by atoms with Gasteiger partial charge in [-0.05, 0) is 149 Å². The van der Waals surface area contributed by atoms with Crippen LogP contribution >= 0.6 is 0 Å². The molecule has 0 radical (unpaired) electrons. The Morgan fingerprint density at radius 3 is 1.78 bits per heavy atom. The van der Waals surface area contributed by atoms with E-state index in [1.54, 1.807) is 0 Å². The van der Waals surface area contributed by atoms with Crippen LogP contribution in [0.5, 0.6) is 0 Å². The zero-order chi connectivity index (χ0) is 43.3. The van der Waals surface area contributed by atoms with Gasteiger partial charge in [0.25, 0.3) is 0 Å². The van der Waals surface area contributed by atoms with Crippen LogP contribution < -0.4 is 9.80 Å². The molecule has 1 atom stereocenters. The van der Waals surface area contributed by atoms with Crippen LogP contribution in [0.1, 0.15) is 54.9 Å². The molecular formula is C62H48N2O. The third-order valence-electron chi connectivity index (χ3n) is 13.9. The van der Waals surface area contributed by atoms with Crippen LogP contribution in [-0.2, 0) is 5.41 Å². The molecule has 0 saturated carbocycles. The molecule has 3 nitrogen and oxygen atoms in total. The molecule has 1 aromatic heterocycles. The molecule has 0 bridgehead atoms. The van der Waals surface area contributed by atoms with Gasteiger partial charge in [-0.2, -0.15) is 0 Å². The predicted molar refractivity (Wildman–Crippen MR) is 272 cm³/mol. The number of anilines is 4. The SMILES string of the molecule is CC1(c2ccccc2-c2ccc(N(c3ccccc3)c3cccc4oc5ccccc5c34)cc2)c2ccccc2-c2c(C3=CC=C(N(C4=CC=CCC4)c4ccccc4)CC3)cccc21. The number of fused-ring (bicyclic) bond motifs is 6. The molecule has 8 aromatic carbocycles. The van der Waals surface area contributed by atoms with Crippen molar-refractivity contribution in [3.63, 3.8) is 0 Å². The van der Waals surface area contributed by atoms with E-state index in [1.165, 1.54) is 67.2 Å². The largest absolute Gasteiger partial charge is 0.456 e. The molecule has 12 rings (SSSR count). The first-order valence-electron chi connectivity index (χ1n) is 22.9. The first-order valence-corrected chi connectivity index (χ1v) is 22.9. The number of hydrogen-bond donors (Lipinski definition) is 0. The van der Waals surface area contributed by atoms with E-state index in [9.17, 15) is 0 Å². The van der Waals surface area contributed by atoms with E-state index in [1.807, 2.05) is 6.07 Å². The molecule has 312 valence electrons. The molecule has 3 aliphatic carbocycles. The summed E-state index contributed by atoms with van der Waals surface area (Å²) in [5.41, 5.74) is 20.4. The molecule has 0 saturated heterocycles. The topological polar surface area (TPSA) is 19.6 Å². The molecule has 65 heavy (non-hydrogen) atoms. The highest BCUT2D eigenvalue weighted by atomic mass is 16.3.